The van der Waals surface area contributed by atoms with Gasteiger partial charge in [0.05, 0.1) is 6.54 Å². The lowest BCUT2D eigenvalue weighted by atomic mass is 10.1. The van der Waals surface area contributed by atoms with E-state index in [0.717, 1.165) is 17.4 Å². The van der Waals surface area contributed by atoms with Crippen molar-refractivity contribution in [3.05, 3.63) is 23.8 Å². The molecule has 1 aromatic rings. The highest BCUT2D eigenvalue weighted by Gasteiger charge is 2.30. The fraction of sp³-hybridized carbons (Fsp3) is 0.385. The van der Waals surface area contributed by atoms with Gasteiger partial charge in [-0.25, -0.2) is 9.59 Å². The normalized spacial score (nSPS) is 13.4. The Morgan fingerprint density at radius 2 is 2.05 bits per heavy atom. The number of carbonyl (C=O) groups is 2. The van der Waals surface area contributed by atoms with E-state index >= 15 is 0 Å². The molecule has 0 aromatic heterocycles. The zero-order valence-electron chi connectivity index (χ0n) is 11.6. The van der Waals surface area contributed by atoms with Crippen molar-refractivity contribution in [2.75, 3.05) is 18.1 Å². The molecule has 1 atom stereocenters. The summed E-state index contributed by atoms with van der Waals surface area (Å²) in [7, 11) is 0. The van der Waals surface area contributed by atoms with Gasteiger partial charge in [-0.15, -0.1) is 11.8 Å². The highest BCUT2D eigenvalue weighted by atomic mass is 32.2. The maximum atomic E-state index is 11.7. The van der Waals surface area contributed by atoms with Crippen LogP contribution in [0.4, 0.5) is 10.5 Å². The summed E-state index contributed by atoms with van der Waals surface area (Å²) >= 11 is 1.55. The number of nitrogens with one attached hydrogen (secondary N) is 2. The number of amides is 2. The first kappa shape index (κ1) is 16.3. The van der Waals surface area contributed by atoms with Gasteiger partial charge >= 0.3 is 12.0 Å². The lowest BCUT2D eigenvalue weighted by molar-refractivity contribution is -0.155. The standard InChI is InChI=1S/C13H18N2O4S/c1-8-4-5-9(20-3)6-10(8)15-12(18)14-7-13(2,19)11(16)17/h4-6,19H,7H2,1-3H3,(H,16,17)(H2,14,15,18). The number of rotatable bonds is 5. The van der Waals surface area contributed by atoms with Crippen LogP contribution < -0.4 is 10.6 Å². The van der Waals surface area contributed by atoms with E-state index in [1.54, 1.807) is 11.8 Å². The molecule has 1 unspecified atom stereocenters. The number of urea groups is 1. The van der Waals surface area contributed by atoms with Crippen LogP contribution in [0.3, 0.4) is 0 Å². The van der Waals surface area contributed by atoms with E-state index in [4.69, 9.17) is 5.11 Å². The fourth-order valence-corrected chi connectivity index (χ4v) is 1.80. The number of carboxylic acids is 1. The number of carbonyl (C=O) groups excluding carboxylic acids is 1. The molecule has 20 heavy (non-hydrogen) atoms. The number of anilines is 1. The average molecular weight is 298 g/mol. The molecule has 0 heterocycles. The molecule has 0 saturated heterocycles. The van der Waals surface area contributed by atoms with Gasteiger partial charge in [-0.2, -0.15) is 0 Å². The van der Waals surface area contributed by atoms with Gasteiger partial charge in [-0.3, -0.25) is 0 Å². The minimum absolute atomic E-state index is 0.380. The topological polar surface area (TPSA) is 98.7 Å². The Morgan fingerprint density at radius 1 is 1.40 bits per heavy atom. The van der Waals surface area contributed by atoms with Crippen molar-refractivity contribution in [2.24, 2.45) is 0 Å². The predicted molar refractivity (Wildman–Crippen MR) is 78.2 cm³/mol. The number of hydrogen-bond acceptors (Lipinski definition) is 4. The van der Waals surface area contributed by atoms with E-state index < -0.39 is 17.6 Å². The maximum absolute atomic E-state index is 11.7. The van der Waals surface area contributed by atoms with Crippen molar-refractivity contribution in [3.8, 4) is 0 Å². The number of aliphatic hydroxyl groups is 1. The summed E-state index contributed by atoms with van der Waals surface area (Å²) in [6.45, 7) is 2.60. The van der Waals surface area contributed by atoms with E-state index in [9.17, 15) is 14.7 Å². The Kier molecular flexibility index (Phi) is 5.41. The van der Waals surface area contributed by atoms with Crippen LogP contribution in [0, 0.1) is 6.92 Å². The zero-order valence-corrected chi connectivity index (χ0v) is 12.4. The molecule has 1 rings (SSSR count). The van der Waals surface area contributed by atoms with Crippen LogP contribution in [-0.4, -0.2) is 40.6 Å². The minimum Gasteiger partial charge on any atom is -0.479 e. The SMILES string of the molecule is CSc1ccc(C)c(NC(=O)NCC(C)(O)C(=O)O)c1. The van der Waals surface area contributed by atoms with Gasteiger partial charge in [0, 0.05) is 10.6 Å². The molecule has 0 spiro atoms. The molecule has 0 saturated carbocycles. The van der Waals surface area contributed by atoms with Crippen molar-refractivity contribution in [2.45, 2.75) is 24.3 Å². The molecule has 110 valence electrons. The first-order valence-corrected chi connectivity index (χ1v) is 7.14. The molecule has 0 aliphatic carbocycles. The van der Waals surface area contributed by atoms with E-state index in [1.165, 1.54) is 0 Å². The number of thioether (sulfide) groups is 1. The first-order valence-electron chi connectivity index (χ1n) is 5.91. The summed E-state index contributed by atoms with van der Waals surface area (Å²) in [6.07, 6.45) is 1.93. The van der Waals surface area contributed by atoms with Crippen molar-refractivity contribution < 1.29 is 19.8 Å². The van der Waals surface area contributed by atoms with E-state index in [0.29, 0.717) is 5.69 Å². The smallest absolute Gasteiger partial charge is 0.337 e. The first-order chi connectivity index (χ1) is 9.26. The molecule has 0 fully saturated rings. The Labute approximate surface area is 121 Å². The number of hydrogen-bond donors (Lipinski definition) is 4. The number of benzene rings is 1. The Hall–Kier alpha value is -1.73. The fourth-order valence-electron chi connectivity index (χ4n) is 1.36. The highest BCUT2D eigenvalue weighted by molar-refractivity contribution is 7.98. The molecule has 4 N–H and O–H groups in total. The van der Waals surface area contributed by atoms with Gasteiger partial charge < -0.3 is 20.8 Å². The van der Waals surface area contributed by atoms with Crippen LogP contribution in [0.2, 0.25) is 0 Å². The van der Waals surface area contributed by atoms with Gasteiger partial charge in [0.1, 0.15) is 0 Å². The second-order valence-electron chi connectivity index (χ2n) is 4.57. The molecule has 0 aliphatic heterocycles. The third kappa shape index (κ3) is 4.43. The molecule has 0 aliphatic rings. The van der Waals surface area contributed by atoms with Crippen LogP contribution >= 0.6 is 11.8 Å². The Bertz CT molecular complexity index is 517. The third-order valence-electron chi connectivity index (χ3n) is 2.75. The number of aliphatic carboxylic acids is 1. The van der Waals surface area contributed by atoms with Gasteiger partial charge in [-0.05, 0) is 37.8 Å². The molecular weight excluding hydrogens is 280 g/mol. The highest BCUT2D eigenvalue weighted by Crippen LogP contribution is 2.22. The summed E-state index contributed by atoms with van der Waals surface area (Å²) in [5, 5.41) is 23.2. The molecule has 1 aromatic carbocycles. The van der Waals surface area contributed by atoms with E-state index in [1.807, 2.05) is 31.4 Å². The molecule has 0 radical (unpaired) electrons. The molecular formula is C13H18N2O4S. The lowest BCUT2D eigenvalue weighted by Crippen LogP contribution is -2.47. The van der Waals surface area contributed by atoms with Crippen LogP contribution in [0.5, 0.6) is 0 Å². The predicted octanol–water partition coefficient (Wildman–Crippen LogP) is 1.67. The summed E-state index contributed by atoms with van der Waals surface area (Å²) in [5.41, 5.74) is -0.458. The zero-order chi connectivity index (χ0) is 15.3. The van der Waals surface area contributed by atoms with Crippen molar-refractivity contribution in [1.29, 1.82) is 0 Å². The largest absolute Gasteiger partial charge is 0.479 e. The van der Waals surface area contributed by atoms with Gasteiger partial charge in [-0.1, -0.05) is 6.07 Å². The van der Waals surface area contributed by atoms with Crippen molar-refractivity contribution in [1.82, 2.24) is 5.32 Å². The molecule has 7 heteroatoms. The third-order valence-corrected chi connectivity index (χ3v) is 3.47. The number of aryl methyl sites for hydroxylation is 1. The molecule has 0 bridgehead atoms. The van der Waals surface area contributed by atoms with Crippen LogP contribution in [-0.2, 0) is 4.79 Å². The van der Waals surface area contributed by atoms with Crippen LogP contribution in [0.1, 0.15) is 12.5 Å². The summed E-state index contributed by atoms with van der Waals surface area (Å²) < 4.78 is 0. The molecule has 6 nitrogen and oxygen atoms in total. The monoisotopic (exact) mass is 298 g/mol. The van der Waals surface area contributed by atoms with E-state index in [2.05, 4.69) is 10.6 Å². The minimum atomic E-state index is -1.99. The molecule has 2 amide bonds. The van der Waals surface area contributed by atoms with Crippen molar-refractivity contribution in [3.63, 3.8) is 0 Å². The Morgan fingerprint density at radius 3 is 2.60 bits per heavy atom. The quantitative estimate of drug-likeness (QED) is 0.620. The van der Waals surface area contributed by atoms with E-state index in [-0.39, 0.29) is 6.54 Å². The summed E-state index contributed by atoms with van der Waals surface area (Å²) in [5.74, 6) is -1.39. The summed E-state index contributed by atoms with van der Waals surface area (Å²) in [4.78, 5) is 23.4. The maximum Gasteiger partial charge on any atom is 0.337 e. The lowest BCUT2D eigenvalue weighted by Gasteiger charge is -2.19. The van der Waals surface area contributed by atoms with Gasteiger partial charge in [0.2, 0.25) is 0 Å². The number of carboxylic acid groups (broad SMARTS) is 1. The second kappa shape index (κ2) is 6.62. The average Bonchev–Trinajstić information content (AvgIpc) is 2.39. The Balaban J connectivity index is 2.65. The van der Waals surface area contributed by atoms with Crippen LogP contribution in [0.25, 0.3) is 0 Å². The van der Waals surface area contributed by atoms with Crippen LogP contribution in [0.15, 0.2) is 23.1 Å². The van der Waals surface area contributed by atoms with Gasteiger partial charge in [0.25, 0.3) is 0 Å². The van der Waals surface area contributed by atoms with Gasteiger partial charge in [0.15, 0.2) is 5.60 Å². The summed E-state index contributed by atoms with van der Waals surface area (Å²) in [6, 6.07) is 5.09. The second-order valence-corrected chi connectivity index (χ2v) is 5.45. The van der Waals surface area contributed by atoms with Crippen molar-refractivity contribution >= 4 is 29.4 Å².